The molecule has 164 valence electrons. The first-order valence-electron chi connectivity index (χ1n) is 9.69. The molecule has 0 bridgehead atoms. The van der Waals surface area contributed by atoms with Gasteiger partial charge in [-0.1, -0.05) is 6.07 Å². The van der Waals surface area contributed by atoms with Crippen molar-refractivity contribution in [3.63, 3.8) is 0 Å². The number of carbonyl (C=O) groups excluding carboxylic acids is 2. The Morgan fingerprint density at radius 2 is 1.84 bits per heavy atom. The Balaban J connectivity index is 1.98. The highest BCUT2D eigenvalue weighted by Gasteiger charge is 2.48. The van der Waals surface area contributed by atoms with Crippen molar-refractivity contribution < 1.29 is 28.2 Å². The summed E-state index contributed by atoms with van der Waals surface area (Å²) < 4.78 is 33.9. The molecule has 8 heteroatoms. The largest absolute Gasteiger partial charge is 0.507 e. The number of ether oxygens (including phenoxy) is 1. The zero-order chi connectivity index (χ0) is 23.2. The van der Waals surface area contributed by atoms with Gasteiger partial charge in [-0.3, -0.25) is 14.5 Å². The van der Waals surface area contributed by atoms with Crippen LogP contribution in [-0.4, -0.2) is 23.9 Å². The van der Waals surface area contributed by atoms with Gasteiger partial charge < -0.3 is 9.84 Å². The second-order valence-electron chi connectivity index (χ2n) is 7.42. The van der Waals surface area contributed by atoms with E-state index in [4.69, 9.17) is 4.74 Å². The Bertz CT molecular complexity index is 1270. The first-order valence-corrected chi connectivity index (χ1v) is 10.6. The monoisotopic (exact) mass is 455 g/mol. The van der Waals surface area contributed by atoms with Crippen LogP contribution in [0.1, 0.15) is 27.6 Å². The van der Waals surface area contributed by atoms with Crippen molar-refractivity contribution in [2.45, 2.75) is 19.9 Å². The van der Waals surface area contributed by atoms with Crippen LogP contribution < -0.4 is 9.64 Å². The molecular formula is C24H19F2NO4S. The number of aryl methyl sites for hydroxylation is 2. The fourth-order valence-corrected chi connectivity index (χ4v) is 4.70. The summed E-state index contributed by atoms with van der Waals surface area (Å²) in [6, 6.07) is 8.34. The van der Waals surface area contributed by atoms with Gasteiger partial charge >= 0.3 is 0 Å². The van der Waals surface area contributed by atoms with E-state index < -0.39 is 29.4 Å². The Kier molecular flexibility index (Phi) is 5.56. The lowest BCUT2D eigenvalue weighted by atomic mass is 9.95. The van der Waals surface area contributed by atoms with E-state index >= 15 is 0 Å². The van der Waals surface area contributed by atoms with Gasteiger partial charge in [-0.05, 0) is 60.7 Å². The lowest BCUT2D eigenvalue weighted by Gasteiger charge is -2.24. The van der Waals surface area contributed by atoms with Crippen LogP contribution >= 0.6 is 11.3 Å². The summed E-state index contributed by atoms with van der Waals surface area (Å²) in [4.78, 5) is 27.5. The van der Waals surface area contributed by atoms with Crippen molar-refractivity contribution in [1.82, 2.24) is 0 Å². The number of ketones is 1. The van der Waals surface area contributed by atoms with E-state index in [1.54, 1.807) is 43.5 Å². The van der Waals surface area contributed by atoms with Crippen molar-refractivity contribution in [3.8, 4) is 5.75 Å². The summed E-state index contributed by atoms with van der Waals surface area (Å²) in [5.41, 5.74) is 1.14. The van der Waals surface area contributed by atoms with Gasteiger partial charge in [0, 0.05) is 16.5 Å². The van der Waals surface area contributed by atoms with Crippen molar-refractivity contribution in [2.24, 2.45) is 0 Å². The normalized spacial score (nSPS) is 17.8. The maximum absolute atomic E-state index is 14.6. The minimum atomic E-state index is -1.10. The Hall–Kier alpha value is -3.52. The smallest absolute Gasteiger partial charge is 0.300 e. The standard InChI is InChI=1S/C24H19F2NO4S/c1-12-10-18(31-3)13(2)9-15(12)22(28)20-21(19-5-4-8-32-19)27(24(30)23(20)29)17-11-14(25)6-7-16(17)26/h4-11,21,28H,1-3H3/b22-20-. The lowest BCUT2D eigenvalue weighted by molar-refractivity contribution is -0.132. The molecule has 5 nitrogen and oxygen atoms in total. The number of Topliss-reactive ketones (excluding diaryl/α,β-unsaturated/α-hetero) is 1. The number of aliphatic hydroxyl groups excluding tert-OH is 1. The number of anilines is 1. The second-order valence-corrected chi connectivity index (χ2v) is 8.40. The summed E-state index contributed by atoms with van der Waals surface area (Å²) in [6.07, 6.45) is 0. The molecule has 2 aromatic carbocycles. The zero-order valence-corrected chi connectivity index (χ0v) is 18.3. The molecule has 4 rings (SSSR count). The van der Waals surface area contributed by atoms with Gasteiger partial charge in [0.2, 0.25) is 0 Å². The second kappa shape index (κ2) is 8.20. The van der Waals surface area contributed by atoms with Crippen LogP contribution in [0, 0.1) is 25.5 Å². The van der Waals surface area contributed by atoms with E-state index in [2.05, 4.69) is 0 Å². The number of rotatable bonds is 4. The predicted molar refractivity (Wildman–Crippen MR) is 118 cm³/mol. The van der Waals surface area contributed by atoms with Crippen LogP contribution in [0.2, 0.25) is 0 Å². The number of amides is 1. The van der Waals surface area contributed by atoms with E-state index in [0.717, 1.165) is 28.7 Å². The third-order valence-corrected chi connectivity index (χ3v) is 6.35. The van der Waals surface area contributed by atoms with Crippen molar-refractivity contribution in [3.05, 3.63) is 86.6 Å². The number of nitrogens with zero attached hydrogens (tertiary/aromatic N) is 1. The molecule has 32 heavy (non-hydrogen) atoms. The van der Waals surface area contributed by atoms with Gasteiger partial charge in [-0.25, -0.2) is 8.78 Å². The zero-order valence-electron chi connectivity index (χ0n) is 17.5. The van der Waals surface area contributed by atoms with E-state index in [9.17, 15) is 23.5 Å². The number of hydrogen-bond donors (Lipinski definition) is 1. The van der Waals surface area contributed by atoms with E-state index in [-0.39, 0.29) is 17.0 Å². The quantitative estimate of drug-likeness (QED) is 0.330. The van der Waals surface area contributed by atoms with Crippen LogP contribution in [-0.2, 0) is 9.59 Å². The summed E-state index contributed by atoms with van der Waals surface area (Å²) in [6.45, 7) is 3.52. The SMILES string of the molecule is COc1cc(C)c(/C(O)=C2/C(=O)C(=O)N(c3cc(F)ccc3F)C2c2cccs2)cc1C. The molecular weight excluding hydrogens is 436 g/mol. The molecule has 1 saturated heterocycles. The van der Waals surface area contributed by atoms with Crippen molar-refractivity contribution in [1.29, 1.82) is 0 Å². The summed E-state index contributed by atoms with van der Waals surface area (Å²) in [7, 11) is 1.52. The number of carbonyl (C=O) groups is 2. The molecule has 1 N–H and O–H groups in total. The average molecular weight is 455 g/mol. The first-order chi connectivity index (χ1) is 15.2. The fraction of sp³-hybridized carbons (Fsp3) is 0.167. The topological polar surface area (TPSA) is 66.8 Å². The lowest BCUT2D eigenvalue weighted by Crippen LogP contribution is -2.30. The minimum absolute atomic E-state index is 0.186. The highest BCUT2D eigenvalue weighted by atomic mass is 32.1. The fourth-order valence-electron chi connectivity index (χ4n) is 3.88. The van der Waals surface area contributed by atoms with Gasteiger partial charge in [-0.15, -0.1) is 11.3 Å². The predicted octanol–water partition coefficient (Wildman–Crippen LogP) is 5.28. The third-order valence-electron chi connectivity index (χ3n) is 5.42. The summed E-state index contributed by atoms with van der Waals surface area (Å²) in [5, 5.41) is 12.9. The molecule has 1 aliphatic rings. The van der Waals surface area contributed by atoms with Crippen LogP contribution in [0.15, 0.2) is 53.4 Å². The summed E-state index contributed by atoms with van der Waals surface area (Å²) in [5.74, 6) is -3.41. The molecule has 0 saturated carbocycles. The molecule has 1 unspecified atom stereocenters. The van der Waals surface area contributed by atoms with Gasteiger partial charge in [0.15, 0.2) is 0 Å². The maximum atomic E-state index is 14.6. The van der Waals surface area contributed by atoms with Gasteiger partial charge in [0.25, 0.3) is 11.7 Å². The molecule has 1 aromatic heterocycles. The number of methoxy groups -OCH3 is 1. The van der Waals surface area contributed by atoms with Crippen molar-refractivity contribution in [2.75, 3.05) is 12.0 Å². The van der Waals surface area contributed by atoms with E-state index in [1.165, 1.54) is 18.4 Å². The van der Waals surface area contributed by atoms with E-state index in [1.807, 2.05) is 0 Å². The van der Waals surface area contributed by atoms with Gasteiger partial charge in [0.05, 0.1) is 18.4 Å². The number of halogens is 2. The minimum Gasteiger partial charge on any atom is -0.507 e. The van der Waals surface area contributed by atoms with Crippen LogP contribution in [0.3, 0.4) is 0 Å². The molecule has 1 aliphatic heterocycles. The number of benzene rings is 2. The van der Waals surface area contributed by atoms with Crippen molar-refractivity contribution >= 4 is 34.5 Å². The first kappa shape index (κ1) is 21.7. The van der Waals surface area contributed by atoms with Crippen LogP contribution in [0.5, 0.6) is 5.75 Å². The maximum Gasteiger partial charge on any atom is 0.300 e. The van der Waals surface area contributed by atoms with Crippen LogP contribution in [0.25, 0.3) is 5.76 Å². The molecule has 1 amide bonds. The Labute approximate surface area is 187 Å². The summed E-state index contributed by atoms with van der Waals surface area (Å²) >= 11 is 1.23. The van der Waals surface area contributed by atoms with E-state index in [0.29, 0.717) is 21.8 Å². The van der Waals surface area contributed by atoms with Crippen LogP contribution in [0.4, 0.5) is 14.5 Å². The molecule has 0 radical (unpaired) electrons. The highest BCUT2D eigenvalue weighted by molar-refractivity contribution is 7.10. The van der Waals surface area contributed by atoms with Gasteiger partial charge in [-0.2, -0.15) is 0 Å². The number of aliphatic hydroxyl groups is 1. The number of thiophene rings is 1. The molecule has 0 spiro atoms. The molecule has 1 fully saturated rings. The molecule has 2 heterocycles. The molecule has 0 aliphatic carbocycles. The third kappa shape index (κ3) is 3.46. The Morgan fingerprint density at radius 3 is 2.50 bits per heavy atom. The highest BCUT2D eigenvalue weighted by Crippen LogP contribution is 2.45. The molecule has 1 atom stereocenters. The Morgan fingerprint density at radius 1 is 1.09 bits per heavy atom. The average Bonchev–Trinajstić information content (AvgIpc) is 3.38. The van der Waals surface area contributed by atoms with Gasteiger partial charge in [0.1, 0.15) is 29.2 Å². The number of hydrogen-bond acceptors (Lipinski definition) is 5. The molecule has 3 aromatic rings.